The summed E-state index contributed by atoms with van der Waals surface area (Å²) in [5.41, 5.74) is -1.79. The summed E-state index contributed by atoms with van der Waals surface area (Å²) in [5, 5.41) is 10.7. The molecule has 2 aromatic rings. The van der Waals surface area contributed by atoms with Gasteiger partial charge >= 0.3 is 12.7 Å². The number of hydrogen-bond donors (Lipinski definition) is 1. The zero-order valence-corrected chi connectivity index (χ0v) is 14.8. The molecule has 1 fully saturated rings. The molecule has 0 spiro atoms. The van der Waals surface area contributed by atoms with E-state index < -0.39 is 29.7 Å². The van der Waals surface area contributed by atoms with E-state index >= 15 is 0 Å². The first-order chi connectivity index (χ1) is 11.5. The molecule has 1 saturated heterocycles. The Labute approximate surface area is 145 Å². The van der Waals surface area contributed by atoms with Crippen molar-refractivity contribution in [2.45, 2.75) is 45.8 Å². The van der Waals surface area contributed by atoms with E-state index in [2.05, 4.69) is 0 Å². The van der Waals surface area contributed by atoms with E-state index in [0.29, 0.717) is 10.9 Å². The smallest absolute Gasteiger partial charge is 0.507 e. The van der Waals surface area contributed by atoms with Crippen LogP contribution < -0.4 is 5.63 Å². The SMILES string of the molecule is Cc1cc(=O)oc2c(C=C(F)B3OC(C)(C)C(C)(C)O3)c(O)ccc12. The second-order valence-corrected chi connectivity index (χ2v) is 7.24. The van der Waals surface area contributed by atoms with Crippen LogP contribution in [0.3, 0.4) is 0 Å². The molecule has 3 rings (SSSR count). The van der Waals surface area contributed by atoms with Gasteiger partial charge in [-0.05, 0) is 58.4 Å². The van der Waals surface area contributed by atoms with Crippen molar-refractivity contribution in [2.24, 2.45) is 0 Å². The predicted octanol–water partition coefficient (Wildman–Crippen LogP) is 3.75. The zero-order valence-electron chi connectivity index (χ0n) is 14.8. The molecule has 0 aliphatic carbocycles. The average Bonchev–Trinajstić information content (AvgIpc) is 2.70. The minimum absolute atomic E-state index is 0.0745. The number of rotatable bonds is 2. The molecule has 1 aromatic heterocycles. The minimum atomic E-state index is -1.20. The third-order valence-corrected chi connectivity index (χ3v) is 4.90. The summed E-state index contributed by atoms with van der Waals surface area (Å²) in [7, 11) is -1.20. The van der Waals surface area contributed by atoms with Gasteiger partial charge in [0.15, 0.2) is 0 Å². The molecule has 7 heteroatoms. The number of phenolic OH excluding ortho intramolecular Hbond substituents is 1. The molecule has 0 atom stereocenters. The van der Waals surface area contributed by atoms with E-state index in [1.807, 2.05) is 27.7 Å². The van der Waals surface area contributed by atoms with Gasteiger partial charge in [0.2, 0.25) is 0 Å². The van der Waals surface area contributed by atoms with Gasteiger partial charge in [0.25, 0.3) is 0 Å². The van der Waals surface area contributed by atoms with Gasteiger partial charge in [-0.1, -0.05) is 0 Å². The fourth-order valence-electron chi connectivity index (χ4n) is 2.70. The van der Waals surface area contributed by atoms with Crippen molar-refractivity contribution in [3.05, 3.63) is 45.5 Å². The van der Waals surface area contributed by atoms with Gasteiger partial charge in [0.05, 0.1) is 16.8 Å². The van der Waals surface area contributed by atoms with Gasteiger partial charge in [-0.15, -0.1) is 0 Å². The van der Waals surface area contributed by atoms with Gasteiger partial charge in [0, 0.05) is 11.5 Å². The van der Waals surface area contributed by atoms with Crippen LogP contribution in [0.2, 0.25) is 0 Å². The molecule has 0 amide bonds. The number of fused-ring (bicyclic) bond motifs is 1. The van der Waals surface area contributed by atoms with Crippen molar-refractivity contribution in [3.8, 4) is 5.75 Å². The van der Waals surface area contributed by atoms with Gasteiger partial charge < -0.3 is 18.8 Å². The highest BCUT2D eigenvalue weighted by molar-refractivity contribution is 6.54. The number of hydrogen-bond acceptors (Lipinski definition) is 5. The second-order valence-electron chi connectivity index (χ2n) is 7.24. The van der Waals surface area contributed by atoms with E-state index in [9.17, 15) is 14.3 Å². The molecular weight excluding hydrogens is 326 g/mol. The number of benzene rings is 1. The van der Waals surface area contributed by atoms with Crippen molar-refractivity contribution in [3.63, 3.8) is 0 Å². The maximum atomic E-state index is 14.8. The van der Waals surface area contributed by atoms with Crippen LogP contribution in [0.15, 0.2) is 33.1 Å². The summed E-state index contributed by atoms with van der Waals surface area (Å²) in [6.07, 6.45) is 1.09. The van der Waals surface area contributed by atoms with E-state index in [1.165, 1.54) is 12.1 Å². The fourth-order valence-corrected chi connectivity index (χ4v) is 2.70. The maximum absolute atomic E-state index is 14.8. The Morgan fingerprint density at radius 2 is 1.80 bits per heavy atom. The van der Waals surface area contributed by atoms with Crippen molar-refractivity contribution in [1.82, 2.24) is 0 Å². The van der Waals surface area contributed by atoms with Crippen LogP contribution in [0.1, 0.15) is 38.8 Å². The van der Waals surface area contributed by atoms with E-state index in [0.717, 1.165) is 6.08 Å². The molecule has 0 radical (unpaired) electrons. The Kier molecular flexibility index (Phi) is 4.04. The minimum Gasteiger partial charge on any atom is -0.507 e. The topological polar surface area (TPSA) is 68.9 Å². The fraction of sp³-hybridized carbons (Fsp3) is 0.389. The molecule has 132 valence electrons. The normalized spacial score (nSPS) is 19.6. The highest BCUT2D eigenvalue weighted by atomic mass is 19.1. The molecule has 1 aromatic carbocycles. The van der Waals surface area contributed by atoms with Crippen molar-refractivity contribution in [1.29, 1.82) is 0 Å². The number of aryl methyl sites for hydroxylation is 1. The Morgan fingerprint density at radius 1 is 1.20 bits per heavy atom. The summed E-state index contributed by atoms with van der Waals surface area (Å²) < 4.78 is 31.3. The molecule has 25 heavy (non-hydrogen) atoms. The van der Waals surface area contributed by atoms with Gasteiger partial charge in [0.1, 0.15) is 17.1 Å². The van der Waals surface area contributed by atoms with E-state index in [1.54, 1.807) is 13.0 Å². The molecule has 0 unspecified atom stereocenters. The lowest BCUT2D eigenvalue weighted by atomic mass is 9.86. The quantitative estimate of drug-likeness (QED) is 0.663. The third-order valence-electron chi connectivity index (χ3n) is 4.90. The molecule has 2 heterocycles. The zero-order chi connectivity index (χ0) is 18.6. The molecule has 5 nitrogen and oxygen atoms in total. The Morgan fingerprint density at radius 3 is 2.40 bits per heavy atom. The maximum Gasteiger partial charge on any atom is 0.525 e. The molecule has 1 aliphatic rings. The number of phenols is 1. The van der Waals surface area contributed by atoms with Gasteiger partial charge in [-0.3, -0.25) is 0 Å². The van der Waals surface area contributed by atoms with Crippen LogP contribution in [-0.2, 0) is 9.31 Å². The van der Waals surface area contributed by atoms with Crippen molar-refractivity contribution < 1.29 is 23.2 Å². The van der Waals surface area contributed by atoms with Crippen molar-refractivity contribution in [2.75, 3.05) is 0 Å². The molecule has 0 bridgehead atoms. The highest BCUT2D eigenvalue weighted by Gasteiger charge is 2.53. The number of aromatic hydroxyl groups is 1. The largest absolute Gasteiger partial charge is 0.525 e. The van der Waals surface area contributed by atoms with Gasteiger partial charge in [-0.2, -0.15) is 0 Å². The van der Waals surface area contributed by atoms with Crippen LogP contribution in [0.25, 0.3) is 17.0 Å². The molecular formula is C18H20BFO5. The van der Waals surface area contributed by atoms with Crippen LogP contribution in [0.4, 0.5) is 4.39 Å². The summed E-state index contributed by atoms with van der Waals surface area (Å²) in [6.45, 7) is 9.01. The Bertz CT molecular complexity index is 913. The van der Waals surface area contributed by atoms with Crippen LogP contribution in [-0.4, -0.2) is 23.4 Å². The molecule has 1 N–H and O–H groups in total. The Balaban J connectivity index is 2.10. The second kappa shape index (κ2) is 5.71. The number of halogens is 1. The lowest BCUT2D eigenvalue weighted by molar-refractivity contribution is 0.00578. The first-order valence-corrected chi connectivity index (χ1v) is 8.01. The highest BCUT2D eigenvalue weighted by Crippen LogP contribution is 2.40. The van der Waals surface area contributed by atoms with E-state index in [4.69, 9.17) is 13.7 Å². The summed E-state index contributed by atoms with van der Waals surface area (Å²) in [5.74, 6) is -0.201. The predicted molar refractivity (Wildman–Crippen MR) is 94.1 cm³/mol. The van der Waals surface area contributed by atoms with Gasteiger partial charge in [-0.25, -0.2) is 9.18 Å². The van der Waals surface area contributed by atoms with Crippen molar-refractivity contribution >= 4 is 24.2 Å². The first-order valence-electron chi connectivity index (χ1n) is 8.01. The molecule has 0 saturated carbocycles. The first kappa shape index (κ1) is 17.7. The van der Waals surface area contributed by atoms with Crippen LogP contribution >= 0.6 is 0 Å². The summed E-state index contributed by atoms with van der Waals surface area (Å²) >= 11 is 0. The lowest BCUT2D eigenvalue weighted by Crippen LogP contribution is -2.41. The molecule has 1 aliphatic heterocycles. The lowest BCUT2D eigenvalue weighted by Gasteiger charge is -2.32. The monoisotopic (exact) mass is 346 g/mol. The summed E-state index contributed by atoms with van der Waals surface area (Å²) in [6, 6.07) is 4.39. The van der Waals surface area contributed by atoms with Crippen LogP contribution in [0.5, 0.6) is 5.75 Å². The standard InChI is InChI=1S/C18H20BFO5/c1-10-8-15(22)23-16-11(10)6-7-13(21)12(16)9-14(20)19-24-17(2,3)18(4,5)25-19/h6-9,21H,1-5H3. The average molecular weight is 346 g/mol. The third kappa shape index (κ3) is 2.98. The Hall–Kier alpha value is -2.12. The van der Waals surface area contributed by atoms with E-state index in [-0.39, 0.29) is 16.9 Å². The van der Waals surface area contributed by atoms with Crippen LogP contribution in [0, 0.1) is 6.92 Å². The summed E-state index contributed by atoms with van der Waals surface area (Å²) in [4.78, 5) is 11.7.